The maximum atomic E-state index is 12.7. The number of fused-ring (bicyclic) bond motifs is 1. The first-order chi connectivity index (χ1) is 15.7. The number of hydrogen-bond donors (Lipinski definition) is 1. The summed E-state index contributed by atoms with van der Waals surface area (Å²) >= 11 is 0. The van der Waals surface area contributed by atoms with Gasteiger partial charge >= 0.3 is 6.18 Å². The van der Waals surface area contributed by atoms with Crippen molar-refractivity contribution in [3.63, 3.8) is 0 Å². The van der Waals surface area contributed by atoms with Crippen LogP contribution < -0.4 is 16.0 Å². The van der Waals surface area contributed by atoms with E-state index in [1.54, 1.807) is 29.2 Å². The van der Waals surface area contributed by atoms with Crippen LogP contribution in [0, 0.1) is 0 Å². The van der Waals surface area contributed by atoms with Crippen molar-refractivity contribution in [1.82, 2.24) is 19.7 Å². The van der Waals surface area contributed by atoms with E-state index in [1.165, 1.54) is 6.07 Å². The van der Waals surface area contributed by atoms with Crippen molar-refractivity contribution in [2.75, 3.05) is 31.1 Å². The van der Waals surface area contributed by atoms with Crippen LogP contribution in [0.3, 0.4) is 0 Å². The molecule has 1 aromatic carbocycles. The summed E-state index contributed by atoms with van der Waals surface area (Å²) in [6.45, 7) is 1.89. The number of aromatic nitrogens is 3. The van der Waals surface area contributed by atoms with Crippen molar-refractivity contribution in [3.8, 4) is 0 Å². The van der Waals surface area contributed by atoms with E-state index in [9.17, 15) is 27.6 Å². The number of rotatable bonds is 4. The Bertz CT molecular complexity index is 1270. The largest absolute Gasteiger partial charge is 0.417 e. The van der Waals surface area contributed by atoms with Crippen LogP contribution in [0.25, 0.3) is 10.8 Å². The summed E-state index contributed by atoms with van der Waals surface area (Å²) in [4.78, 5) is 45.0. The summed E-state index contributed by atoms with van der Waals surface area (Å²) in [6, 6.07) is 8.82. The predicted molar refractivity (Wildman–Crippen MR) is 116 cm³/mol. The molecule has 0 atom stereocenters. The number of aryl methyl sites for hydroxylation is 1. The van der Waals surface area contributed by atoms with Crippen molar-refractivity contribution < 1.29 is 18.0 Å². The molecular formula is C22H22F3N5O3. The van der Waals surface area contributed by atoms with Crippen molar-refractivity contribution in [1.29, 1.82) is 0 Å². The number of halogens is 3. The van der Waals surface area contributed by atoms with Crippen LogP contribution in [0.4, 0.5) is 19.0 Å². The average Bonchev–Trinajstić information content (AvgIpc) is 3.06. The van der Waals surface area contributed by atoms with E-state index in [0.717, 1.165) is 16.9 Å². The molecule has 1 saturated heterocycles. The second-order valence-electron chi connectivity index (χ2n) is 7.82. The Morgan fingerprint density at radius 3 is 2.45 bits per heavy atom. The van der Waals surface area contributed by atoms with Crippen LogP contribution in [-0.2, 0) is 17.5 Å². The Morgan fingerprint density at radius 1 is 1.00 bits per heavy atom. The summed E-state index contributed by atoms with van der Waals surface area (Å²) in [5.41, 5.74) is -1.57. The molecule has 0 bridgehead atoms. The second kappa shape index (κ2) is 9.08. The van der Waals surface area contributed by atoms with Gasteiger partial charge < -0.3 is 9.80 Å². The molecule has 0 spiro atoms. The normalized spacial score (nSPS) is 15.0. The Labute approximate surface area is 186 Å². The molecule has 33 heavy (non-hydrogen) atoms. The minimum atomic E-state index is -4.44. The van der Waals surface area contributed by atoms with Gasteiger partial charge in [0.2, 0.25) is 5.91 Å². The molecule has 0 aliphatic carbocycles. The van der Waals surface area contributed by atoms with E-state index in [2.05, 4.69) is 10.1 Å². The van der Waals surface area contributed by atoms with Gasteiger partial charge in [-0.15, -0.1) is 0 Å². The maximum absolute atomic E-state index is 12.7. The van der Waals surface area contributed by atoms with E-state index >= 15 is 0 Å². The molecule has 174 valence electrons. The summed E-state index contributed by atoms with van der Waals surface area (Å²) in [5.74, 6) is 0.260. The molecule has 0 saturated carbocycles. The Hall–Kier alpha value is -3.63. The monoisotopic (exact) mass is 461 g/mol. The van der Waals surface area contributed by atoms with Crippen LogP contribution >= 0.6 is 0 Å². The number of carbonyl (C=O) groups excluding carboxylic acids is 1. The van der Waals surface area contributed by atoms with Crippen LogP contribution in [0.1, 0.15) is 18.4 Å². The fourth-order valence-corrected chi connectivity index (χ4v) is 3.91. The molecule has 3 heterocycles. The van der Waals surface area contributed by atoms with Gasteiger partial charge in [0.25, 0.3) is 11.1 Å². The lowest BCUT2D eigenvalue weighted by atomic mass is 10.2. The fourth-order valence-electron chi connectivity index (χ4n) is 3.91. The third kappa shape index (κ3) is 4.91. The number of nitrogens with zero attached hydrogens (tertiary/aromatic N) is 4. The van der Waals surface area contributed by atoms with Crippen LogP contribution in [-0.4, -0.2) is 51.8 Å². The number of alkyl halides is 3. The molecule has 1 N–H and O–H groups in total. The number of pyridine rings is 1. The van der Waals surface area contributed by atoms with Crippen LogP contribution in [0.5, 0.6) is 0 Å². The third-order valence-electron chi connectivity index (χ3n) is 5.68. The molecular weight excluding hydrogens is 439 g/mol. The lowest BCUT2D eigenvalue weighted by Gasteiger charge is -2.23. The highest BCUT2D eigenvalue weighted by Crippen LogP contribution is 2.29. The summed E-state index contributed by atoms with van der Waals surface area (Å²) in [6.07, 6.45) is -2.97. The van der Waals surface area contributed by atoms with Crippen molar-refractivity contribution in [2.45, 2.75) is 25.6 Å². The van der Waals surface area contributed by atoms with Crippen LogP contribution in [0.15, 0.2) is 52.2 Å². The number of nitrogens with one attached hydrogen (secondary N) is 1. The molecule has 1 aliphatic rings. The highest BCUT2D eigenvalue weighted by molar-refractivity contribution is 5.80. The van der Waals surface area contributed by atoms with Gasteiger partial charge in [-0.05, 0) is 30.7 Å². The summed E-state index contributed by atoms with van der Waals surface area (Å²) in [7, 11) is 0. The summed E-state index contributed by atoms with van der Waals surface area (Å²) < 4.78 is 39.4. The smallest absolute Gasteiger partial charge is 0.355 e. The predicted octanol–water partition coefficient (Wildman–Crippen LogP) is 2.23. The standard InChI is InChI=1S/C22H22F3N5O3/c23-22(24,25)15-6-7-18(26-14-15)28-9-3-10-29(13-12-28)19(31)8-11-30-21(33)17-5-2-1-4-16(17)20(32)27-30/h1-2,4-7,14H,3,8-13H2,(H,27,32). The lowest BCUT2D eigenvalue weighted by molar-refractivity contribution is -0.137. The van der Waals surface area contributed by atoms with E-state index in [-0.39, 0.29) is 24.4 Å². The van der Waals surface area contributed by atoms with E-state index < -0.39 is 17.3 Å². The zero-order valence-corrected chi connectivity index (χ0v) is 17.6. The van der Waals surface area contributed by atoms with E-state index in [0.29, 0.717) is 49.2 Å². The van der Waals surface area contributed by atoms with Crippen LogP contribution in [0.2, 0.25) is 0 Å². The van der Waals surface area contributed by atoms with Gasteiger partial charge in [-0.3, -0.25) is 19.5 Å². The minimum Gasteiger partial charge on any atom is -0.355 e. The van der Waals surface area contributed by atoms with Gasteiger partial charge in [-0.25, -0.2) is 9.67 Å². The topological polar surface area (TPSA) is 91.3 Å². The highest BCUT2D eigenvalue weighted by atomic mass is 19.4. The molecule has 1 aliphatic heterocycles. The van der Waals surface area contributed by atoms with Crippen molar-refractivity contribution in [3.05, 3.63) is 68.9 Å². The Balaban J connectivity index is 1.38. The number of carbonyl (C=O) groups is 1. The fraction of sp³-hybridized carbons (Fsp3) is 0.364. The Kier molecular flexibility index (Phi) is 6.21. The SMILES string of the molecule is O=C(CCn1[nH]c(=O)c2ccccc2c1=O)N1CCCN(c2ccc(C(F)(F)F)cn2)CC1. The zero-order chi connectivity index (χ0) is 23.6. The molecule has 3 aromatic rings. The number of anilines is 1. The molecule has 2 aromatic heterocycles. The number of hydrogen-bond acceptors (Lipinski definition) is 5. The molecule has 1 amide bonds. The number of amides is 1. The van der Waals surface area contributed by atoms with Crippen molar-refractivity contribution in [2.24, 2.45) is 0 Å². The number of benzene rings is 1. The van der Waals surface area contributed by atoms with Gasteiger partial charge in [0.1, 0.15) is 5.82 Å². The first kappa shape index (κ1) is 22.6. The average molecular weight is 461 g/mol. The Morgan fingerprint density at radius 2 is 1.76 bits per heavy atom. The molecule has 0 radical (unpaired) electrons. The van der Waals surface area contributed by atoms with Gasteiger partial charge in [0.05, 0.1) is 22.9 Å². The van der Waals surface area contributed by atoms with Gasteiger partial charge in [-0.2, -0.15) is 13.2 Å². The maximum Gasteiger partial charge on any atom is 0.417 e. The number of aromatic amines is 1. The molecule has 1 fully saturated rings. The highest BCUT2D eigenvalue weighted by Gasteiger charge is 2.31. The second-order valence-corrected chi connectivity index (χ2v) is 7.82. The molecule has 8 nitrogen and oxygen atoms in total. The summed E-state index contributed by atoms with van der Waals surface area (Å²) in [5, 5.41) is 3.11. The van der Waals surface area contributed by atoms with E-state index in [1.807, 2.05) is 4.90 Å². The quantitative estimate of drug-likeness (QED) is 0.644. The van der Waals surface area contributed by atoms with Gasteiger partial charge in [0, 0.05) is 38.8 Å². The van der Waals surface area contributed by atoms with E-state index in [4.69, 9.17) is 0 Å². The zero-order valence-electron chi connectivity index (χ0n) is 17.6. The third-order valence-corrected chi connectivity index (χ3v) is 5.68. The minimum absolute atomic E-state index is 0.0344. The molecule has 11 heteroatoms. The first-order valence-corrected chi connectivity index (χ1v) is 10.5. The van der Waals surface area contributed by atoms with Gasteiger partial charge in [0.15, 0.2) is 0 Å². The van der Waals surface area contributed by atoms with Crippen molar-refractivity contribution >= 4 is 22.5 Å². The van der Waals surface area contributed by atoms with Gasteiger partial charge in [-0.1, -0.05) is 12.1 Å². The number of H-pyrrole nitrogens is 1. The first-order valence-electron chi connectivity index (χ1n) is 10.5. The molecule has 4 rings (SSSR count). The lowest BCUT2D eigenvalue weighted by Crippen LogP contribution is -2.37. The molecule has 0 unspecified atom stereocenters.